The van der Waals surface area contributed by atoms with E-state index < -0.39 is 5.97 Å². The lowest BCUT2D eigenvalue weighted by Gasteiger charge is -1.99. The third kappa shape index (κ3) is 1.62. The fourth-order valence-corrected chi connectivity index (χ4v) is 3.43. The van der Waals surface area contributed by atoms with Crippen molar-refractivity contribution in [2.24, 2.45) is 0 Å². The van der Waals surface area contributed by atoms with Crippen molar-refractivity contribution in [3.8, 4) is 0 Å². The van der Waals surface area contributed by atoms with E-state index in [-0.39, 0.29) is 0 Å². The molecular weight excluding hydrogens is 335 g/mol. The number of fused-ring (bicyclic) bond motifs is 1. The molecule has 0 unspecified atom stereocenters. The molecule has 2 aromatic rings. The molecule has 0 aliphatic heterocycles. The maximum Gasteiger partial charge on any atom is 0.336 e. The average Bonchev–Trinajstić information content (AvgIpc) is 2.46. The van der Waals surface area contributed by atoms with Crippen LogP contribution in [0.4, 0.5) is 0 Å². The van der Waals surface area contributed by atoms with E-state index in [1.165, 1.54) is 11.3 Å². The number of carbonyl (C=O) groups is 1. The molecule has 1 aromatic carbocycles. The van der Waals surface area contributed by atoms with Gasteiger partial charge in [0.05, 0.1) is 14.6 Å². The van der Waals surface area contributed by atoms with Crippen LogP contribution in [-0.2, 0) is 0 Å². The molecule has 5 heteroatoms. The van der Waals surface area contributed by atoms with Crippen LogP contribution in [0.15, 0.2) is 18.2 Å². The van der Waals surface area contributed by atoms with E-state index in [2.05, 4.69) is 0 Å². The first-order valence-electron chi connectivity index (χ1n) is 3.70. The molecule has 1 aromatic heterocycles. The monoisotopic (exact) mass is 338 g/mol. The smallest absolute Gasteiger partial charge is 0.336 e. The number of hydrogen-bond acceptors (Lipinski definition) is 2. The zero-order valence-electron chi connectivity index (χ0n) is 6.75. The molecule has 72 valence electrons. The summed E-state index contributed by atoms with van der Waals surface area (Å²) in [7, 11) is 0. The van der Waals surface area contributed by atoms with Gasteiger partial charge in [0.25, 0.3) is 0 Å². The van der Waals surface area contributed by atoms with Crippen molar-refractivity contribution in [1.29, 1.82) is 0 Å². The Hall–Kier alpha value is -0.330. The van der Waals surface area contributed by atoms with Crippen molar-refractivity contribution in [2.45, 2.75) is 0 Å². The van der Waals surface area contributed by atoms with E-state index in [9.17, 15) is 4.79 Å². The molecule has 1 heterocycles. The van der Waals surface area contributed by atoms with Gasteiger partial charge in [-0.3, -0.25) is 0 Å². The Morgan fingerprint density at radius 1 is 1.50 bits per heavy atom. The quantitative estimate of drug-likeness (QED) is 0.802. The van der Waals surface area contributed by atoms with Crippen molar-refractivity contribution < 1.29 is 9.90 Å². The second-order valence-corrected chi connectivity index (χ2v) is 5.46. The topological polar surface area (TPSA) is 37.3 Å². The fourth-order valence-electron chi connectivity index (χ4n) is 1.20. The summed E-state index contributed by atoms with van der Waals surface area (Å²) in [5.41, 5.74) is 0.330. The van der Waals surface area contributed by atoms with Crippen molar-refractivity contribution in [3.05, 3.63) is 31.7 Å². The van der Waals surface area contributed by atoms with Gasteiger partial charge in [0, 0.05) is 3.57 Å². The highest BCUT2D eigenvalue weighted by atomic mass is 127. The van der Waals surface area contributed by atoms with E-state index >= 15 is 0 Å². The molecule has 0 aliphatic rings. The first kappa shape index (κ1) is 10.2. The molecule has 0 aliphatic carbocycles. The third-order valence-electron chi connectivity index (χ3n) is 1.83. The van der Waals surface area contributed by atoms with E-state index in [0.717, 1.165) is 13.7 Å². The number of aromatic carboxylic acids is 1. The predicted molar refractivity (Wildman–Crippen MR) is 66.5 cm³/mol. The summed E-state index contributed by atoms with van der Waals surface area (Å²) in [5.74, 6) is -0.902. The van der Waals surface area contributed by atoms with Gasteiger partial charge in [-0.1, -0.05) is 17.7 Å². The molecule has 0 saturated carbocycles. The normalized spacial score (nSPS) is 10.7. The number of rotatable bonds is 1. The van der Waals surface area contributed by atoms with Gasteiger partial charge >= 0.3 is 5.97 Å². The molecule has 0 spiro atoms. The molecule has 1 N–H and O–H groups in total. The fraction of sp³-hybridized carbons (Fsp3) is 0. The molecule has 2 nitrogen and oxygen atoms in total. The van der Waals surface area contributed by atoms with Crippen LogP contribution in [0.5, 0.6) is 0 Å². The SMILES string of the molecule is O=C(O)c1ccc2cc(Cl)sc2c1I. The van der Waals surface area contributed by atoms with Crippen LogP contribution in [0.3, 0.4) is 0 Å². The third-order valence-corrected chi connectivity index (χ3v) is 4.61. The Balaban J connectivity index is 2.80. The molecule has 0 saturated heterocycles. The summed E-state index contributed by atoms with van der Waals surface area (Å²) in [5, 5.41) is 9.89. The van der Waals surface area contributed by atoms with Gasteiger partial charge in [-0.25, -0.2) is 4.79 Å². The van der Waals surface area contributed by atoms with Crippen LogP contribution in [-0.4, -0.2) is 11.1 Å². The number of thiophene rings is 1. The van der Waals surface area contributed by atoms with Gasteiger partial charge in [0.1, 0.15) is 0 Å². The second-order valence-electron chi connectivity index (χ2n) is 2.70. The second kappa shape index (κ2) is 3.67. The van der Waals surface area contributed by atoms with Crippen LogP contribution in [0.1, 0.15) is 10.4 Å². The first-order valence-corrected chi connectivity index (χ1v) is 5.98. The lowest BCUT2D eigenvalue weighted by Crippen LogP contribution is -1.98. The molecule has 0 bridgehead atoms. The summed E-state index contributed by atoms with van der Waals surface area (Å²) in [6.07, 6.45) is 0. The Morgan fingerprint density at radius 2 is 2.21 bits per heavy atom. The lowest BCUT2D eigenvalue weighted by atomic mass is 10.2. The maximum absolute atomic E-state index is 10.8. The zero-order valence-corrected chi connectivity index (χ0v) is 10.5. The molecule has 0 amide bonds. The number of carboxylic acid groups (broad SMARTS) is 1. The van der Waals surface area contributed by atoms with Gasteiger partial charge in [-0.2, -0.15) is 0 Å². The largest absolute Gasteiger partial charge is 0.478 e. The number of benzene rings is 1. The number of carboxylic acids is 1. The van der Waals surface area contributed by atoms with Gasteiger partial charge in [0.15, 0.2) is 0 Å². The molecule has 0 radical (unpaired) electrons. The Kier molecular flexibility index (Phi) is 2.68. The van der Waals surface area contributed by atoms with Crippen LogP contribution in [0.2, 0.25) is 4.34 Å². The van der Waals surface area contributed by atoms with Crippen molar-refractivity contribution in [1.82, 2.24) is 0 Å². The summed E-state index contributed by atoms with van der Waals surface area (Å²) in [4.78, 5) is 10.8. The maximum atomic E-state index is 10.8. The highest BCUT2D eigenvalue weighted by Crippen LogP contribution is 2.34. The van der Waals surface area contributed by atoms with Gasteiger partial charge in [-0.15, -0.1) is 11.3 Å². The van der Waals surface area contributed by atoms with E-state index in [0.29, 0.717) is 9.90 Å². The summed E-state index contributed by atoms with van der Waals surface area (Å²) >= 11 is 9.30. The first-order chi connectivity index (χ1) is 6.59. The van der Waals surface area contributed by atoms with E-state index in [4.69, 9.17) is 16.7 Å². The van der Waals surface area contributed by atoms with Crippen LogP contribution >= 0.6 is 45.5 Å². The van der Waals surface area contributed by atoms with Crippen LogP contribution in [0.25, 0.3) is 10.1 Å². The van der Waals surface area contributed by atoms with E-state index in [1.54, 1.807) is 12.1 Å². The molecular formula is C9H4ClIO2S. The highest BCUT2D eigenvalue weighted by molar-refractivity contribution is 14.1. The Bertz CT molecular complexity index is 521. The lowest BCUT2D eigenvalue weighted by molar-refractivity contribution is 0.0696. The van der Waals surface area contributed by atoms with Gasteiger partial charge < -0.3 is 5.11 Å². The van der Waals surface area contributed by atoms with Crippen molar-refractivity contribution >= 4 is 61.6 Å². The minimum absolute atomic E-state index is 0.330. The minimum Gasteiger partial charge on any atom is -0.478 e. The molecule has 0 fully saturated rings. The summed E-state index contributed by atoms with van der Waals surface area (Å²) in [6, 6.07) is 5.23. The van der Waals surface area contributed by atoms with Crippen molar-refractivity contribution in [2.75, 3.05) is 0 Å². The minimum atomic E-state index is -0.902. The average molecular weight is 339 g/mol. The van der Waals surface area contributed by atoms with Crippen LogP contribution in [0, 0.1) is 3.57 Å². The Morgan fingerprint density at radius 3 is 2.86 bits per heavy atom. The summed E-state index contributed by atoms with van der Waals surface area (Å²) < 4.78 is 2.38. The molecule has 14 heavy (non-hydrogen) atoms. The van der Waals surface area contributed by atoms with Crippen LogP contribution < -0.4 is 0 Å². The molecule has 0 atom stereocenters. The predicted octanol–water partition coefficient (Wildman–Crippen LogP) is 3.86. The van der Waals surface area contributed by atoms with Gasteiger partial charge in [-0.05, 0) is 40.1 Å². The number of hydrogen-bond donors (Lipinski definition) is 1. The summed E-state index contributed by atoms with van der Waals surface area (Å²) in [6.45, 7) is 0. The zero-order chi connectivity index (χ0) is 10.3. The van der Waals surface area contributed by atoms with E-state index in [1.807, 2.05) is 28.7 Å². The Labute approximate surface area is 103 Å². The number of halogens is 2. The highest BCUT2D eigenvalue weighted by Gasteiger charge is 2.12. The van der Waals surface area contributed by atoms with Gasteiger partial charge in [0.2, 0.25) is 0 Å². The molecule has 2 rings (SSSR count). The van der Waals surface area contributed by atoms with Crippen molar-refractivity contribution in [3.63, 3.8) is 0 Å². The standard InChI is InChI=1S/C9H4ClIO2S/c10-6-3-4-1-2-5(9(12)13)7(11)8(4)14-6/h1-3H,(H,12,13).